The third kappa shape index (κ3) is 7.84. The van der Waals surface area contributed by atoms with Crippen molar-refractivity contribution in [2.45, 2.75) is 84.2 Å². The van der Waals surface area contributed by atoms with E-state index in [1.54, 1.807) is 0 Å². The van der Waals surface area contributed by atoms with Gasteiger partial charge in [0.05, 0.1) is 0 Å². The lowest BCUT2D eigenvalue weighted by Crippen LogP contribution is -2.15. The van der Waals surface area contributed by atoms with Crippen molar-refractivity contribution in [1.29, 1.82) is 0 Å². The van der Waals surface area contributed by atoms with Crippen molar-refractivity contribution in [1.82, 2.24) is 0 Å². The average Bonchev–Trinajstić information content (AvgIpc) is 2.66. The lowest BCUT2D eigenvalue weighted by Gasteiger charge is -2.28. The molecule has 0 unspecified atom stereocenters. The highest BCUT2D eigenvalue weighted by Crippen LogP contribution is 2.34. The molecule has 1 aromatic carbocycles. The van der Waals surface area contributed by atoms with Crippen LogP contribution in [0.25, 0.3) is 0 Å². The number of unbranched alkanes of at least 4 members (excludes halogenated alkanes) is 2. The van der Waals surface area contributed by atoms with Crippen LogP contribution in [0.15, 0.2) is 24.3 Å². The van der Waals surface area contributed by atoms with Crippen molar-refractivity contribution in [2.24, 2.45) is 11.8 Å². The van der Waals surface area contributed by atoms with Crippen molar-refractivity contribution < 1.29 is 22.3 Å². The smallest absolute Gasteiger partial charge is 0.387 e. The quantitative estimate of drug-likeness (QED) is 0.209. The second-order valence-electron chi connectivity index (χ2n) is 7.88. The number of benzene rings is 1. The van der Waals surface area contributed by atoms with Gasteiger partial charge < -0.3 is 4.74 Å². The predicted octanol–water partition coefficient (Wildman–Crippen LogP) is 7.83. The molecular formula is C23H32F4O. The zero-order chi connectivity index (χ0) is 20.4. The van der Waals surface area contributed by atoms with Gasteiger partial charge in [0.2, 0.25) is 0 Å². The van der Waals surface area contributed by atoms with E-state index < -0.39 is 24.0 Å². The summed E-state index contributed by atoms with van der Waals surface area (Å²) in [7, 11) is 0. The first kappa shape index (κ1) is 22.8. The van der Waals surface area contributed by atoms with Crippen LogP contribution >= 0.6 is 0 Å². The second kappa shape index (κ2) is 12.1. The van der Waals surface area contributed by atoms with Crippen LogP contribution in [0.3, 0.4) is 0 Å². The van der Waals surface area contributed by atoms with E-state index in [2.05, 4.69) is 23.8 Å². The van der Waals surface area contributed by atoms with E-state index in [4.69, 9.17) is 0 Å². The number of ether oxygens (including phenoxy) is 1. The van der Waals surface area contributed by atoms with Gasteiger partial charge in [-0.1, -0.05) is 57.6 Å². The molecular weight excluding hydrogens is 368 g/mol. The summed E-state index contributed by atoms with van der Waals surface area (Å²) in [6.45, 7) is -1.05. The molecule has 0 radical (unpaired) electrons. The van der Waals surface area contributed by atoms with E-state index in [9.17, 15) is 17.6 Å². The Labute approximate surface area is 166 Å². The zero-order valence-corrected chi connectivity index (χ0v) is 16.7. The monoisotopic (exact) mass is 400 g/mol. The fourth-order valence-corrected chi connectivity index (χ4v) is 4.06. The molecule has 1 aromatic rings. The fourth-order valence-electron chi connectivity index (χ4n) is 4.06. The zero-order valence-electron chi connectivity index (χ0n) is 16.7. The molecule has 1 saturated carbocycles. The van der Waals surface area contributed by atoms with Gasteiger partial charge in [0.15, 0.2) is 17.4 Å². The molecule has 158 valence electrons. The third-order valence-electron chi connectivity index (χ3n) is 5.68. The SMILES string of the molecule is CCCC=CCCCC1CCC(CCc2cc(F)c(OC(F)F)c(F)c2)CC1. The van der Waals surface area contributed by atoms with E-state index in [0.29, 0.717) is 17.9 Å². The minimum atomic E-state index is -3.24. The summed E-state index contributed by atoms with van der Waals surface area (Å²) in [6.07, 6.45) is 16.9. The highest BCUT2D eigenvalue weighted by molar-refractivity contribution is 5.31. The second-order valence-corrected chi connectivity index (χ2v) is 7.88. The van der Waals surface area contributed by atoms with Gasteiger partial charge in [0.1, 0.15) is 0 Å². The first-order valence-corrected chi connectivity index (χ1v) is 10.6. The van der Waals surface area contributed by atoms with Gasteiger partial charge in [0, 0.05) is 0 Å². The van der Waals surface area contributed by atoms with Gasteiger partial charge in [-0.2, -0.15) is 8.78 Å². The van der Waals surface area contributed by atoms with Gasteiger partial charge in [-0.3, -0.25) is 0 Å². The summed E-state index contributed by atoms with van der Waals surface area (Å²) in [4.78, 5) is 0. The molecule has 28 heavy (non-hydrogen) atoms. The molecule has 0 aromatic heterocycles. The summed E-state index contributed by atoms with van der Waals surface area (Å²) in [5.41, 5.74) is 0.498. The Morgan fingerprint density at radius 2 is 1.54 bits per heavy atom. The van der Waals surface area contributed by atoms with Crippen molar-refractivity contribution in [2.75, 3.05) is 0 Å². The highest BCUT2D eigenvalue weighted by atomic mass is 19.3. The number of hydrogen-bond acceptors (Lipinski definition) is 1. The Morgan fingerprint density at radius 3 is 2.11 bits per heavy atom. The van der Waals surface area contributed by atoms with Crippen LogP contribution in [0, 0.1) is 23.5 Å². The van der Waals surface area contributed by atoms with E-state index >= 15 is 0 Å². The first-order valence-electron chi connectivity index (χ1n) is 10.6. The number of aryl methyl sites for hydroxylation is 1. The number of alkyl halides is 2. The largest absolute Gasteiger partial charge is 0.429 e. The molecule has 0 saturated heterocycles. The Morgan fingerprint density at radius 1 is 0.964 bits per heavy atom. The lowest BCUT2D eigenvalue weighted by molar-refractivity contribution is -0.0546. The van der Waals surface area contributed by atoms with Crippen LogP contribution in [0.4, 0.5) is 17.6 Å². The minimum absolute atomic E-state index is 0.498. The summed E-state index contributed by atoms with van der Waals surface area (Å²) >= 11 is 0. The molecule has 0 N–H and O–H groups in total. The number of halogens is 4. The van der Waals surface area contributed by atoms with Crippen LogP contribution in [-0.4, -0.2) is 6.61 Å². The molecule has 1 fully saturated rings. The van der Waals surface area contributed by atoms with Crippen LogP contribution in [0.5, 0.6) is 5.75 Å². The fraction of sp³-hybridized carbons (Fsp3) is 0.652. The molecule has 0 bridgehead atoms. The predicted molar refractivity (Wildman–Crippen MR) is 105 cm³/mol. The molecule has 1 nitrogen and oxygen atoms in total. The van der Waals surface area contributed by atoms with Gasteiger partial charge in [-0.05, 0) is 61.6 Å². The molecule has 0 atom stereocenters. The maximum Gasteiger partial charge on any atom is 0.387 e. The molecule has 0 spiro atoms. The van der Waals surface area contributed by atoms with E-state index in [1.165, 1.54) is 44.9 Å². The Hall–Kier alpha value is -1.52. The maximum absolute atomic E-state index is 13.8. The number of rotatable bonds is 11. The van der Waals surface area contributed by atoms with Crippen LogP contribution in [-0.2, 0) is 6.42 Å². The molecule has 1 aliphatic rings. The van der Waals surface area contributed by atoms with E-state index in [0.717, 1.165) is 37.3 Å². The van der Waals surface area contributed by atoms with Gasteiger partial charge in [-0.25, -0.2) is 8.78 Å². The normalized spacial score (nSPS) is 20.2. The highest BCUT2D eigenvalue weighted by Gasteiger charge is 2.21. The average molecular weight is 401 g/mol. The molecule has 2 rings (SSSR count). The maximum atomic E-state index is 13.8. The lowest BCUT2D eigenvalue weighted by atomic mass is 9.78. The van der Waals surface area contributed by atoms with Crippen LogP contribution < -0.4 is 4.74 Å². The van der Waals surface area contributed by atoms with Crippen molar-refractivity contribution in [3.8, 4) is 5.75 Å². The summed E-state index contributed by atoms with van der Waals surface area (Å²) in [6, 6.07) is 2.22. The molecule has 0 aliphatic heterocycles. The van der Waals surface area contributed by atoms with Crippen molar-refractivity contribution >= 4 is 0 Å². The molecule has 0 heterocycles. The minimum Gasteiger partial charge on any atom is -0.429 e. The van der Waals surface area contributed by atoms with E-state index in [1.807, 2.05) is 0 Å². The summed E-state index contributed by atoms with van der Waals surface area (Å²) in [5, 5.41) is 0. The molecule has 5 heteroatoms. The van der Waals surface area contributed by atoms with Crippen molar-refractivity contribution in [3.63, 3.8) is 0 Å². The topological polar surface area (TPSA) is 9.23 Å². The number of hydrogen-bond donors (Lipinski definition) is 0. The molecule has 1 aliphatic carbocycles. The number of allylic oxidation sites excluding steroid dienone is 2. The van der Waals surface area contributed by atoms with E-state index in [-0.39, 0.29) is 0 Å². The van der Waals surface area contributed by atoms with Gasteiger partial charge >= 0.3 is 6.61 Å². The molecule has 0 amide bonds. The van der Waals surface area contributed by atoms with Crippen LogP contribution in [0.1, 0.15) is 76.7 Å². The first-order chi connectivity index (χ1) is 13.5. The standard InChI is InChI=1S/C23H32F4O/c1-2-3-4-5-6-7-8-17-9-11-18(12-10-17)13-14-19-15-20(24)22(21(25)16-19)28-23(26)27/h4-5,15-18,23H,2-3,6-14H2,1H3. The Balaban J connectivity index is 1.69. The van der Waals surface area contributed by atoms with Gasteiger partial charge in [0.25, 0.3) is 0 Å². The van der Waals surface area contributed by atoms with Gasteiger partial charge in [-0.15, -0.1) is 0 Å². The van der Waals surface area contributed by atoms with Crippen molar-refractivity contribution in [3.05, 3.63) is 41.5 Å². The summed E-state index contributed by atoms with van der Waals surface area (Å²) in [5.74, 6) is -1.75. The van der Waals surface area contributed by atoms with Crippen LogP contribution in [0.2, 0.25) is 0 Å². The Bertz CT molecular complexity index is 584. The third-order valence-corrected chi connectivity index (χ3v) is 5.68. The summed E-state index contributed by atoms with van der Waals surface area (Å²) < 4.78 is 55.9. The Kier molecular flexibility index (Phi) is 9.86.